The van der Waals surface area contributed by atoms with E-state index >= 15 is 0 Å². The predicted molar refractivity (Wildman–Crippen MR) is 132 cm³/mol. The summed E-state index contributed by atoms with van der Waals surface area (Å²) in [5, 5.41) is 0. The maximum atomic E-state index is 13.4. The van der Waals surface area contributed by atoms with Crippen molar-refractivity contribution in [3.8, 4) is 0 Å². The standard InChI is InChI=1S/C23H24N4O3S2/c1-3-10-25(11-4-2)20-17(21(28)26-12-6-5-9-19(26)24-20)14-18-22(29)27(23(31)32-18)15-16-8-7-13-30-16/h5-9,12-14H,3-4,10-11,15H2,1-2H3/b18-14-. The van der Waals surface area contributed by atoms with E-state index in [1.54, 1.807) is 36.7 Å². The van der Waals surface area contributed by atoms with Crippen molar-refractivity contribution in [3.63, 3.8) is 0 Å². The number of fused-ring (bicyclic) bond motifs is 1. The molecular weight excluding hydrogens is 444 g/mol. The van der Waals surface area contributed by atoms with Gasteiger partial charge in [0.25, 0.3) is 11.5 Å². The highest BCUT2D eigenvalue weighted by atomic mass is 32.2. The molecule has 0 aromatic carbocycles. The third kappa shape index (κ3) is 4.35. The molecule has 32 heavy (non-hydrogen) atoms. The lowest BCUT2D eigenvalue weighted by molar-refractivity contribution is -0.122. The number of pyridine rings is 1. The molecule has 1 fully saturated rings. The number of aromatic nitrogens is 2. The summed E-state index contributed by atoms with van der Waals surface area (Å²) >= 11 is 6.63. The third-order valence-corrected chi connectivity index (χ3v) is 6.46. The lowest BCUT2D eigenvalue weighted by Crippen LogP contribution is -2.31. The third-order valence-electron chi connectivity index (χ3n) is 5.08. The molecule has 1 aliphatic rings. The second-order valence-electron chi connectivity index (χ2n) is 7.42. The van der Waals surface area contributed by atoms with Crippen LogP contribution >= 0.6 is 24.0 Å². The van der Waals surface area contributed by atoms with E-state index in [2.05, 4.69) is 18.7 Å². The second-order valence-corrected chi connectivity index (χ2v) is 9.09. The number of furan rings is 1. The van der Waals surface area contributed by atoms with Crippen LogP contribution in [0.4, 0.5) is 5.82 Å². The Labute approximate surface area is 195 Å². The van der Waals surface area contributed by atoms with Crippen LogP contribution in [-0.2, 0) is 11.3 Å². The zero-order chi connectivity index (χ0) is 22.7. The molecule has 7 nitrogen and oxygen atoms in total. The van der Waals surface area contributed by atoms with Gasteiger partial charge in [0.1, 0.15) is 21.5 Å². The molecule has 0 bridgehead atoms. The van der Waals surface area contributed by atoms with Crippen LogP contribution < -0.4 is 10.5 Å². The zero-order valence-electron chi connectivity index (χ0n) is 18.0. The number of amides is 1. The molecule has 0 radical (unpaired) electrons. The van der Waals surface area contributed by atoms with Crippen LogP contribution in [0.15, 0.2) is 56.9 Å². The normalized spacial score (nSPS) is 15.3. The monoisotopic (exact) mass is 468 g/mol. The van der Waals surface area contributed by atoms with Gasteiger partial charge in [0.15, 0.2) is 0 Å². The Bertz CT molecular complexity index is 1230. The highest BCUT2D eigenvalue weighted by Gasteiger charge is 2.33. The summed E-state index contributed by atoms with van der Waals surface area (Å²) < 4.78 is 7.31. The number of nitrogens with zero attached hydrogens (tertiary/aromatic N) is 4. The molecule has 9 heteroatoms. The van der Waals surface area contributed by atoms with Crippen LogP contribution in [0.3, 0.4) is 0 Å². The van der Waals surface area contributed by atoms with E-state index < -0.39 is 0 Å². The fourth-order valence-corrected chi connectivity index (χ4v) is 4.88. The van der Waals surface area contributed by atoms with E-state index in [0.717, 1.165) is 25.9 Å². The summed E-state index contributed by atoms with van der Waals surface area (Å²) in [6.45, 7) is 5.98. The van der Waals surface area contributed by atoms with E-state index in [1.165, 1.54) is 21.1 Å². The zero-order valence-corrected chi connectivity index (χ0v) is 19.6. The fraction of sp³-hybridized carbons (Fsp3) is 0.304. The highest BCUT2D eigenvalue weighted by Crippen LogP contribution is 2.34. The largest absolute Gasteiger partial charge is 0.467 e. The summed E-state index contributed by atoms with van der Waals surface area (Å²) in [7, 11) is 0. The van der Waals surface area contributed by atoms with E-state index in [1.807, 2.05) is 12.1 Å². The first-order chi connectivity index (χ1) is 15.5. The molecule has 1 saturated heterocycles. The van der Waals surface area contributed by atoms with Crippen molar-refractivity contribution in [3.05, 3.63) is 69.4 Å². The molecule has 0 unspecified atom stereocenters. The number of thiocarbonyl (C=S) groups is 1. The summed E-state index contributed by atoms with van der Waals surface area (Å²) in [6.07, 6.45) is 6.73. The number of hydrogen-bond donors (Lipinski definition) is 0. The van der Waals surface area contributed by atoms with E-state index in [0.29, 0.717) is 32.0 Å². The first-order valence-electron chi connectivity index (χ1n) is 10.6. The number of thioether (sulfide) groups is 1. The minimum Gasteiger partial charge on any atom is -0.467 e. The summed E-state index contributed by atoms with van der Waals surface area (Å²) in [6, 6.07) is 9.03. The van der Waals surface area contributed by atoms with Crippen LogP contribution in [0.25, 0.3) is 11.7 Å². The Morgan fingerprint density at radius 1 is 1.16 bits per heavy atom. The van der Waals surface area contributed by atoms with Crippen molar-refractivity contribution >= 4 is 51.7 Å². The van der Waals surface area contributed by atoms with Gasteiger partial charge in [-0.2, -0.15) is 0 Å². The average Bonchev–Trinajstić information content (AvgIpc) is 3.39. The Balaban J connectivity index is 1.80. The SMILES string of the molecule is CCCN(CCC)c1nc2ccccn2c(=O)c1/C=C1\SC(=S)N(Cc2ccco2)C1=O. The minimum absolute atomic E-state index is 0.209. The molecule has 0 spiro atoms. The number of hydrogen-bond acceptors (Lipinski definition) is 7. The van der Waals surface area contributed by atoms with E-state index in [9.17, 15) is 9.59 Å². The number of carbonyl (C=O) groups is 1. The van der Waals surface area contributed by atoms with Crippen molar-refractivity contribution in [2.45, 2.75) is 33.2 Å². The molecule has 0 N–H and O–H groups in total. The van der Waals surface area contributed by atoms with Crippen LogP contribution in [0.1, 0.15) is 38.0 Å². The average molecular weight is 469 g/mol. The van der Waals surface area contributed by atoms with Crippen LogP contribution in [0.2, 0.25) is 0 Å². The first kappa shape index (κ1) is 22.3. The predicted octanol–water partition coefficient (Wildman–Crippen LogP) is 4.32. The van der Waals surface area contributed by atoms with Gasteiger partial charge in [0.05, 0.1) is 23.3 Å². The Kier molecular flexibility index (Phi) is 6.76. The molecule has 1 aliphatic heterocycles. The maximum absolute atomic E-state index is 13.4. The molecular formula is C23H24N4O3S2. The van der Waals surface area contributed by atoms with Gasteiger partial charge in [-0.05, 0) is 43.2 Å². The topological polar surface area (TPSA) is 71.1 Å². The van der Waals surface area contributed by atoms with Crippen molar-refractivity contribution in [1.82, 2.24) is 14.3 Å². The molecule has 3 aromatic rings. The summed E-state index contributed by atoms with van der Waals surface area (Å²) in [4.78, 5) is 35.4. The number of rotatable bonds is 8. The quantitative estimate of drug-likeness (QED) is 0.360. The number of anilines is 1. The van der Waals surface area contributed by atoms with Gasteiger partial charge in [-0.25, -0.2) is 4.98 Å². The molecule has 0 aliphatic carbocycles. The minimum atomic E-state index is -0.238. The second kappa shape index (κ2) is 9.70. The van der Waals surface area contributed by atoms with Crippen LogP contribution in [0.5, 0.6) is 0 Å². The van der Waals surface area contributed by atoms with Crippen molar-refractivity contribution < 1.29 is 9.21 Å². The van der Waals surface area contributed by atoms with Gasteiger partial charge in [-0.15, -0.1) is 0 Å². The molecule has 166 valence electrons. The Hall–Kier alpha value is -2.91. The molecule has 0 atom stereocenters. The van der Waals surface area contributed by atoms with Gasteiger partial charge < -0.3 is 9.32 Å². The van der Waals surface area contributed by atoms with Crippen molar-refractivity contribution in [1.29, 1.82) is 0 Å². The molecule has 4 rings (SSSR count). The Morgan fingerprint density at radius 2 is 1.94 bits per heavy atom. The number of carbonyl (C=O) groups excluding carboxylic acids is 1. The van der Waals surface area contributed by atoms with Gasteiger partial charge >= 0.3 is 0 Å². The molecule has 1 amide bonds. The molecule has 0 saturated carbocycles. The smallest absolute Gasteiger partial charge is 0.267 e. The highest BCUT2D eigenvalue weighted by molar-refractivity contribution is 8.26. The van der Waals surface area contributed by atoms with Gasteiger partial charge in [0.2, 0.25) is 0 Å². The summed E-state index contributed by atoms with van der Waals surface area (Å²) in [5.74, 6) is 1.01. The van der Waals surface area contributed by atoms with Crippen LogP contribution in [0, 0.1) is 0 Å². The Morgan fingerprint density at radius 3 is 2.62 bits per heavy atom. The molecule has 4 heterocycles. The maximum Gasteiger partial charge on any atom is 0.267 e. The van der Waals surface area contributed by atoms with Gasteiger partial charge in [-0.1, -0.05) is 43.9 Å². The van der Waals surface area contributed by atoms with Crippen molar-refractivity contribution in [2.75, 3.05) is 18.0 Å². The molecule has 3 aromatic heterocycles. The van der Waals surface area contributed by atoms with Crippen molar-refractivity contribution in [2.24, 2.45) is 0 Å². The van der Waals surface area contributed by atoms with Gasteiger partial charge in [-0.3, -0.25) is 18.9 Å². The van der Waals surface area contributed by atoms with E-state index in [-0.39, 0.29) is 18.0 Å². The van der Waals surface area contributed by atoms with E-state index in [4.69, 9.17) is 21.6 Å². The van der Waals surface area contributed by atoms with Gasteiger partial charge in [0, 0.05) is 19.3 Å². The lowest BCUT2D eigenvalue weighted by atomic mass is 10.2. The first-order valence-corrected chi connectivity index (χ1v) is 11.8. The summed E-state index contributed by atoms with van der Waals surface area (Å²) in [5.41, 5.74) is 0.764. The lowest BCUT2D eigenvalue weighted by Gasteiger charge is -2.24. The fourth-order valence-electron chi connectivity index (χ4n) is 3.65. The van der Waals surface area contributed by atoms with Crippen LogP contribution in [-0.4, -0.2) is 37.6 Å².